The standard InChI is InChI=1S/C12H19N3O/c1-4-9(5-2)15-12(16)11-7-6-10(13-3)8-14-11/h6-9,13H,4-5H2,1-3H3,(H,15,16). The van der Waals surface area contributed by atoms with Crippen LogP contribution in [0.1, 0.15) is 37.2 Å². The summed E-state index contributed by atoms with van der Waals surface area (Å²) in [4.78, 5) is 15.9. The third kappa shape index (κ3) is 3.22. The molecule has 0 fully saturated rings. The lowest BCUT2D eigenvalue weighted by atomic mass is 10.1. The minimum Gasteiger partial charge on any atom is -0.387 e. The Hall–Kier alpha value is -1.58. The van der Waals surface area contributed by atoms with Crippen molar-refractivity contribution >= 4 is 11.6 Å². The molecule has 4 heteroatoms. The first-order chi connectivity index (χ1) is 7.71. The van der Waals surface area contributed by atoms with Gasteiger partial charge in [-0.1, -0.05) is 13.8 Å². The van der Waals surface area contributed by atoms with Crippen LogP contribution in [0.25, 0.3) is 0 Å². The highest BCUT2D eigenvalue weighted by Crippen LogP contribution is 2.05. The van der Waals surface area contributed by atoms with Crippen LogP contribution >= 0.6 is 0 Å². The monoisotopic (exact) mass is 221 g/mol. The Morgan fingerprint density at radius 1 is 1.38 bits per heavy atom. The smallest absolute Gasteiger partial charge is 0.270 e. The Morgan fingerprint density at radius 3 is 2.50 bits per heavy atom. The lowest BCUT2D eigenvalue weighted by Crippen LogP contribution is -2.34. The van der Waals surface area contributed by atoms with Gasteiger partial charge in [-0.2, -0.15) is 0 Å². The lowest BCUT2D eigenvalue weighted by molar-refractivity contribution is 0.0930. The van der Waals surface area contributed by atoms with E-state index >= 15 is 0 Å². The van der Waals surface area contributed by atoms with E-state index in [9.17, 15) is 4.79 Å². The van der Waals surface area contributed by atoms with Crippen LogP contribution < -0.4 is 10.6 Å². The number of nitrogens with one attached hydrogen (secondary N) is 2. The molecule has 0 atom stereocenters. The number of hydrogen-bond acceptors (Lipinski definition) is 3. The van der Waals surface area contributed by atoms with Gasteiger partial charge in [0.15, 0.2) is 0 Å². The molecule has 0 saturated carbocycles. The molecule has 0 unspecified atom stereocenters. The maximum Gasteiger partial charge on any atom is 0.270 e. The van der Waals surface area contributed by atoms with Crippen molar-refractivity contribution in [2.24, 2.45) is 0 Å². The summed E-state index contributed by atoms with van der Waals surface area (Å²) in [5, 5.41) is 5.91. The number of amides is 1. The molecule has 1 amide bonds. The van der Waals surface area contributed by atoms with Gasteiger partial charge in [0.1, 0.15) is 5.69 Å². The molecule has 0 radical (unpaired) electrons. The Bertz CT molecular complexity index is 331. The van der Waals surface area contributed by atoms with Gasteiger partial charge < -0.3 is 10.6 Å². The summed E-state index contributed by atoms with van der Waals surface area (Å²) in [7, 11) is 1.82. The van der Waals surface area contributed by atoms with Crippen LogP contribution in [0.2, 0.25) is 0 Å². The van der Waals surface area contributed by atoms with E-state index in [1.807, 2.05) is 13.1 Å². The van der Waals surface area contributed by atoms with Gasteiger partial charge >= 0.3 is 0 Å². The summed E-state index contributed by atoms with van der Waals surface area (Å²) in [6.45, 7) is 4.12. The van der Waals surface area contributed by atoms with Crippen molar-refractivity contribution in [3.63, 3.8) is 0 Å². The Labute approximate surface area is 96.5 Å². The molecule has 16 heavy (non-hydrogen) atoms. The Balaban J connectivity index is 2.65. The predicted molar refractivity (Wildman–Crippen MR) is 65.6 cm³/mol. The molecule has 0 aliphatic carbocycles. The fourth-order valence-corrected chi connectivity index (χ4v) is 1.43. The topological polar surface area (TPSA) is 54.0 Å². The third-order valence-electron chi connectivity index (χ3n) is 2.61. The fourth-order valence-electron chi connectivity index (χ4n) is 1.43. The molecule has 2 N–H and O–H groups in total. The van der Waals surface area contributed by atoms with Gasteiger partial charge in [0.25, 0.3) is 5.91 Å². The van der Waals surface area contributed by atoms with Crippen LogP contribution in [0.5, 0.6) is 0 Å². The predicted octanol–water partition coefficient (Wildman–Crippen LogP) is 2.04. The van der Waals surface area contributed by atoms with E-state index in [1.54, 1.807) is 12.3 Å². The van der Waals surface area contributed by atoms with Crippen molar-refractivity contribution in [3.05, 3.63) is 24.0 Å². The first kappa shape index (κ1) is 12.5. The van der Waals surface area contributed by atoms with E-state index in [1.165, 1.54) is 0 Å². The molecule has 0 bridgehead atoms. The second-order valence-corrected chi connectivity index (χ2v) is 3.67. The number of rotatable bonds is 5. The molecule has 4 nitrogen and oxygen atoms in total. The van der Waals surface area contributed by atoms with Crippen molar-refractivity contribution in [1.29, 1.82) is 0 Å². The third-order valence-corrected chi connectivity index (χ3v) is 2.61. The number of carbonyl (C=O) groups is 1. The summed E-state index contributed by atoms with van der Waals surface area (Å²) >= 11 is 0. The van der Waals surface area contributed by atoms with E-state index in [0.717, 1.165) is 18.5 Å². The van der Waals surface area contributed by atoms with E-state index < -0.39 is 0 Å². The van der Waals surface area contributed by atoms with E-state index in [0.29, 0.717) is 5.69 Å². The van der Waals surface area contributed by atoms with Crippen LogP contribution in [0.15, 0.2) is 18.3 Å². The molecular weight excluding hydrogens is 202 g/mol. The molecular formula is C12H19N3O. The van der Waals surface area contributed by atoms with Crippen molar-refractivity contribution in [2.45, 2.75) is 32.7 Å². The molecule has 0 spiro atoms. The second kappa shape index (κ2) is 6.10. The summed E-state index contributed by atoms with van der Waals surface area (Å²) in [5.41, 5.74) is 1.37. The van der Waals surface area contributed by atoms with Crippen LogP contribution in [-0.4, -0.2) is 24.0 Å². The van der Waals surface area contributed by atoms with Crippen LogP contribution in [0.3, 0.4) is 0 Å². The zero-order chi connectivity index (χ0) is 12.0. The number of carbonyl (C=O) groups excluding carboxylic acids is 1. The normalized spacial score (nSPS) is 10.2. The van der Waals surface area contributed by atoms with E-state index in [-0.39, 0.29) is 11.9 Å². The van der Waals surface area contributed by atoms with Crippen molar-refractivity contribution in [3.8, 4) is 0 Å². The quantitative estimate of drug-likeness (QED) is 0.800. The highest BCUT2D eigenvalue weighted by molar-refractivity contribution is 5.92. The Morgan fingerprint density at radius 2 is 2.06 bits per heavy atom. The first-order valence-corrected chi connectivity index (χ1v) is 5.65. The van der Waals surface area contributed by atoms with Gasteiger partial charge in [0.05, 0.1) is 11.9 Å². The molecule has 1 aromatic heterocycles. The van der Waals surface area contributed by atoms with Gasteiger partial charge in [-0.3, -0.25) is 4.79 Å². The fraction of sp³-hybridized carbons (Fsp3) is 0.500. The van der Waals surface area contributed by atoms with Gasteiger partial charge in [-0.15, -0.1) is 0 Å². The number of pyridine rings is 1. The zero-order valence-electron chi connectivity index (χ0n) is 10.1. The number of hydrogen-bond donors (Lipinski definition) is 2. The lowest BCUT2D eigenvalue weighted by Gasteiger charge is -2.14. The van der Waals surface area contributed by atoms with Gasteiger partial charge in [0.2, 0.25) is 0 Å². The second-order valence-electron chi connectivity index (χ2n) is 3.67. The van der Waals surface area contributed by atoms with Crippen LogP contribution in [-0.2, 0) is 0 Å². The summed E-state index contributed by atoms with van der Waals surface area (Å²) in [5.74, 6) is -0.101. The molecule has 0 aromatic carbocycles. The average Bonchev–Trinajstić information content (AvgIpc) is 2.35. The van der Waals surface area contributed by atoms with Crippen LogP contribution in [0, 0.1) is 0 Å². The van der Waals surface area contributed by atoms with E-state index in [2.05, 4.69) is 29.5 Å². The molecule has 88 valence electrons. The minimum absolute atomic E-state index is 0.101. The van der Waals surface area contributed by atoms with Gasteiger partial charge in [-0.05, 0) is 25.0 Å². The highest BCUT2D eigenvalue weighted by atomic mass is 16.1. The SMILES string of the molecule is CCC(CC)NC(=O)c1ccc(NC)cn1. The van der Waals surface area contributed by atoms with E-state index in [4.69, 9.17) is 0 Å². The summed E-state index contributed by atoms with van der Waals surface area (Å²) in [6.07, 6.45) is 3.54. The maximum absolute atomic E-state index is 11.8. The van der Waals surface area contributed by atoms with Gasteiger partial charge in [-0.25, -0.2) is 4.98 Å². The summed E-state index contributed by atoms with van der Waals surface area (Å²) in [6, 6.07) is 3.80. The highest BCUT2D eigenvalue weighted by Gasteiger charge is 2.11. The number of aromatic nitrogens is 1. The molecule has 1 rings (SSSR count). The largest absolute Gasteiger partial charge is 0.387 e. The van der Waals surface area contributed by atoms with Crippen molar-refractivity contribution in [1.82, 2.24) is 10.3 Å². The maximum atomic E-state index is 11.8. The van der Waals surface area contributed by atoms with Crippen LogP contribution in [0.4, 0.5) is 5.69 Å². The molecule has 1 heterocycles. The zero-order valence-corrected chi connectivity index (χ0v) is 10.1. The van der Waals surface area contributed by atoms with Crippen molar-refractivity contribution in [2.75, 3.05) is 12.4 Å². The number of nitrogens with zero attached hydrogens (tertiary/aromatic N) is 1. The number of anilines is 1. The molecule has 0 aliphatic heterocycles. The van der Waals surface area contributed by atoms with Crippen molar-refractivity contribution < 1.29 is 4.79 Å². The Kier molecular flexibility index (Phi) is 4.76. The molecule has 1 aromatic rings. The summed E-state index contributed by atoms with van der Waals surface area (Å²) < 4.78 is 0. The first-order valence-electron chi connectivity index (χ1n) is 5.65. The van der Waals surface area contributed by atoms with Gasteiger partial charge in [0, 0.05) is 13.1 Å². The molecule has 0 aliphatic rings. The average molecular weight is 221 g/mol. The minimum atomic E-state index is -0.101. The molecule has 0 saturated heterocycles.